The van der Waals surface area contributed by atoms with E-state index in [2.05, 4.69) is 23.9 Å². The first-order valence-electron chi connectivity index (χ1n) is 5.95. The van der Waals surface area contributed by atoms with Gasteiger partial charge in [-0.05, 0) is 44.5 Å². The Kier molecular flexibility index (Phi) is 3.50. The van der Waals surface area contributed by atoms with Gasteiger partial charge in [0.2, 0.25) is 0 Å². The number of rotatable bonds is 4. The number of nitrogen functional groups attached to an aromatic ring is 1. The van der Waals surface area contributed by atoms with Crippen LogP contribution in [-0.2, 0) is 6.61 Å². The lowest BCUT2D eigenvalue weighted by molar-refractivity contribution is 0.280. The number of nitrogens with zero attached hydrogens (tertiary/aromatic N) is 3. The first-order chi connectivity index (χ1) is 8.58. The smallest absolute Gasteiger partial charge is 0.165 e. The molecule has 0 radical (unpaired) electrons. The first-order valence-corrected chi connectivity index (χ1v) is 5.95. The maximum absolute atomic E-state index is 5.75. The van der Waals surface area contributed by atoms with Crippen LogP contribution in [0, 0.1) is 6.92 Å². The third kappa shape index (κ3) is 2.61. The van der Waals surface area contributed by atoms with Gasteiger partial charge in [0, 0.05) is 11.7 Å². The molecule has 5 heteroatoms. The molecule has 1 aromatic carbocycles. The highest BCUT2D eigenvalue weighted by Gasteiger charge is 2.09. The molecule has 5 nitrogen and oxygen atoms in total. The summed E-state index contributed by atoms with van der Waals surface area (Å²) in [5, 5.41) is 4.17. The van der Waals surface area contributed by atoms with E-state index >= 15 is 0 Å². The van der Waals surface area contributed by atoms with Gasteiger partial charge in [-0.25, -0.2) is 9.67 Å². The van der Waals surface area contributed by atoms with E-state index in [1.807, 2.05) is 29.8 Å². The number of ether oxygens (including phenoxy) is 1. The van der Waals surface area contributed by atoms with Crippen molar-refractivity contribution < 1.29 is 4.74 Å². The lowest BCUT2D eigenvalue weighted by Crippen LogP contribution is -2.11. The van der Waals surface area contributed by atoms with Crippen molar-refractivity contribution in [3.63, 3.8) is 0 Å². The fraction of sp³-hybridized carbons (Fsp3) is 0.385. The van der Waals surface area contributed by atoms with Gasteiger partial charge in [0.15, 0.2) is 5.82 Å². The zero-order chi connectivity index (χ0) is 13.1. The summed E-state index contributed by atoms with van der Waals surface area (Å²) in [6, 6.07) is 5.87. The lowest BCUT2D eigenvalue weighted by Gasteiger charge is -2.12. The standard InChI is InChI=1S/C13H18N4O/c1-9(2)17-13(15-8-16-17)7-18-12-5-4-11(14)6-10(12)3/h4-6,8-9H,7,14H2,1-3H3. The van der Waals surface area contributed by atoms with Crippen LogP contribution in [0.1, 0.15) is 31.3 Å². The molecule has 2 N–H and O–H groups in total. The summed E-state index contributed by atoms with van der Waals surface area (Å²) in [6.45, 7) is 6.50. The summed E-state index contributed by atoms with van der Waals surface area (Å²) in [6.07, 6.45) is 1.55. The molecule has 1 aromatic heterocycles. The monoisotopic (exact) mass is 246 g/mol. The zero-order valence-electron chi connectivity index (χ0n) is 10.9. The Labute approximate surface area is 107 Å². The summed E-state index contributed by atoms with van der Waals surface area (Å²) in [5.41, 5.74) is 7.46. The number of anilines is 1. The second-order valence-corrected chi connectivity index (χ2v) is 4.53. The topological polar surface area (TPSA) is 66.0 Å². The van der Waals surface area contributed by atoms with Gasteiger partial charge < -0.3 is 10.5 Å². The van der Waals surface area contributed by atoms with Gasteiger partial charge in [-0.15, -0.1) is 0 Å². The average molecular weight is 246 g/mol. The van der Waals surface area contributed by atoms with E-state index in [1.54, 1.807) is 6.33 Å². The SMILES string of the molecule is Cc1cc(N)ccc1OCc1ncnn1C(C)C. The lowest BCUT2D eigenvalue weighted by atomic mass is 10.2. The Hall–Kier alpha value is -2.04. The van der Waals surface area contributed by atoms with Crippen LogP contribution in [-0.4, -0.2) is 14.8 Å². The quantitative estimate of drug-likeness (QED) is 0.841. The second kappa shape index (κ2) is 5.08. The maximum Gasteiger partial charge on any atom is 0.165 e. The van der Waals surface area contributed by atoms with Crippen LogP contribution in [0.15, 0.2) is 24.5 Å². The average Bonchev–Trinajstić information content (AvgIpc) is 2.76. The van der Waals surface area contributed by atoms with E-state index < -0.39 is 0 Å². The molecule has 0 saturated carbocycles. The molecule has 0 aliphatic carbocycles. The molecular weight excluding hydrogens is 228 g/mol. The van der Waals surface area contributed by atoms with E-state index in [4.69, 9.17) is 10.5 Å². The van der Waals surface area contributed by atoms with Crippen LogP contribution in [0.2, 0.25) is 0 Å². The number of nitrogens with two attached hydrogens (primary N) is 1. The van der Waals surface area contributed by atoms with Gasteiger partial charge in [0.05, 0.1) is 0 Å². The number of hydrogen-bond donors (Lipinski definition) is 1. The van der Waals surface area contributed by atoms with Crippen molar-refractivity contribution in [2.75, 3.05) is 5.73 Å². The Balaban J connectivity index is 2.09. The van der Waals surface area contributed by atoms with Crippen LogP contribution in [0.4, 0.5) is 5.69 Å². The van der Waals surface area contributed by atoms with Gasteiger partial charge in [0.1, 0.15) is 18.7 Å². The van der Waals surface area contributed by atoms with Gasteiger partial charge >= 0.3 is 0 Å². The Morgan fingerprint density at radius 3 is 2.83 bits per heavy atom. The van der Waals surface area contributed by atoms with Crippen molar-refractivity contribution in [3.8, 4) is 5.75 Å². The fourth-order valence-electron chi connectivity index (χ4n) is 1.79. The molecule has 0 atom stereocenters. The fourth-order valence-corrected chi connectivity index (χ4v) is 1.79. The van der Waals surface area contributed by atoms with E-state index in [0.29, 0.717) is 6.61 Å². The Morgan fingerprint density at radius 2 is 2.17 bits per heavy atom. The Bertz CT molecular complexity index is 534. The van der Waals surface area contributed by atoms with Crippen molar-refractivity contribution in [1.29, 1.82) is 0 Å². The largest absolute Gasteiger partial charge is 0.485 e. The molecule has 2 aromatic rings. The van der Waals surface area contributed by atoms with E-state index in [1.165, 1.54) is 0 Å². The highest BCUT2D eigenvalue weighted by atomic mass is 16.5. The maximum atomic E-state index is 5.75. The number of hydrogen-bond acceptors (Lipinski definition) is 4. The summed E-state index contributed by atoms with van der Waals surface area (Å²) < 4.78 is 7.60. The summed E-state index contributed by atoms with van der Waals surface area (Å²) in [5.74, 6) is 1.64. The molecule has 2 rings (SSSR count). The molecule has 0 aliphatic heterocycles. The molecule has 0 spiro atoms. The molecule has 0 amide bonds. The third-order valence-corrected chi connectivity index (χ3v) is 2.69. The van der Waals surface area contributed by atoms with Crippen molar-refractivity contribution >= 4 is 5.69 Å². The molecule has 0 aliphatic rings. The number of benzene rings is 1. The van der Waals surface area contributed by atoms with Gasteiger partial charge in [0.25, 0.3) is 0 Å². The minimum Gasteiger partial charge on any atom is -0.485 e. The highest BCUT2D eigenvalue weighted by molar-refractivity contribution is 5.47. The molecule has 1 heterocycles. The van der Waals surface area contributed by atoms with Crippen molar-refractivity contribution in [3.05, 3.63) is 35.9 Å². The van der Waals surface area contributed by atoms with Crippen LogP contribution < -0.4 is 10.5 Å². The van der Waals surface area contributed by atoms with Crippen LogP contribution in [0.25, 0.3) is 0 Å². The first kappa shape index (κ1) is 12.4. The third-order valence-electron chi connectivity index (χ3n) is 2.69. The molecule has 0 bridgehead atoms. The van der Waals surface area contributed by atoms with Gasteiger partial charge in [-0.3, -0.25) is 0 Å². The predicted octanol–water partition coefficient (Wildman–Crippen LogP) is 2.33. The molecule has 0 unspecified atom stereocenters. The summed E-state index contributed by atoms with van der Waals surface area (Å²) >= 11 is 0. The Morgan fingerprint density at radius 1 is 1.39 bits per heavy atom. The highest BCUT2D eigenvalue weighted by Crippen LogP contribution is 2.21. The van der Waals surface area contributed by atoms with E-state index in [-0.39, 0.29) is 6.04 Å². The summed E-state index contributed by atoms with van der Waals surface area (Å²) in [4.78, 5) is 4.20. The zero-order valence-corrected chi connectivity index (χ0v) is 10.9. The van der Waals surface area contributed by atoms with Crippen LogP contribution in [0.3, 0.4) is 0 Å². The molecule has 18 heavy (non-hydrogen) atoms. The van der Waals surface area contributed by atoms with E-state index in [0.717, 1.165) is 22.8 Å². The van der Waals surface area contributed by atoms with Gasteiger partial charge in [-0.1, -0.05) is 0 Å². The van der Waals surface area contributed by atoms with Gasteiger partial charge in [-0.2, -0.15) is 5.10 Å². The minimum atomic E-state index is 0.276. The molecule has 96 valence electrons. The van der Waals surface area contributed by atoms with Crippen molar-refractivity contribution in [2.45, 2.75) is 33.4 Å². The number of aromatic nitrogens is 3. The molecular formula is C13H18N4O. The van der Waals surface area contributed by atoms with E-state index in [9.17, 15) is 0 Å². The second-order valence-electron chi connectivity index (χ2n) is 4.53. The molecule has 0 fully saturated rings. The predicted molar refractivity (Wildman–Crippen MR) is 70.3 cm³/mol. The molecule has 0 saturated heterocycles. The minimum absolute atomic E-state index is 0.276. The van der Waals surface area contributed by atoms with Crippen LogP contribution >= 0.6 is 0 Å². The van der Waals surface area contributed by atoms with Crippen molar-refractivity contribution in [1.82, 2.24) is 14.8 Å². The van der Waals surface area contributed by atoms with Crippen LogP contribution in [0.5, 0.6) is 5.75 Å². The summed E-state index contributed by atoms with van der Waals surface area (Å²) in [7, 11) is 0. The number of aryl methyl sites for hydroxylation is 1. The van der Waals surface area contributed by atoms with Crippen molar-refractivity contribution in [2.24, 2.45) is 0 Å². The normalized spacial score (nSPS) is 10.9.